The lowest BCUT2D eigenvalue weighted by atomic mass is 9.44. The van der Waals surface area contributed by atoms with Crippen molar-refractivity contribution >= 4 is 31.9 Å². The molecule has 4 fully saturated rings. The van der Waals surface area contributed by atoms with Gasteiger partial charge >= 0.3 is 0 Å². The van der Waals surface area contributed by atoms with Crippen molar-refractivity contribution in [3.63, 3.8) is 0 Å². The predicted molar refractivity (Wildman–Crippen MR) is 134 cm³/mol. The van der Waals surface area contributed by atoms with Gasteiger partial charge in [0.05, 0.1) is 3.23 Å². The van der Waals surface area contributed by atoms with Crippen LogP contribution in [0.15, 0.2) is 0 Å². The molecule has 0 spiro atoms. The number of halogens is 2. The van der Waals surface area contributed by atoms with Gasteiger partial charge in [-0.1, -0.05) is 85.7 Å². The minimum absolute atomic E-state index is 0.226. The molecule has 0 amide bonds. The van der Waals surface area contributed by atoms with E-state index in [-0.39, 0.29) is 3.23 Å². The standard InChI is InChI=1S/C27H46Br2/c1-18(2)7-6-8-19(3)22-11-12-23-21-10-9-20-17-27(28,29)16-15-25(20,4)24(21)13-14-26(22,23)5/h18-24H,6-17H2,1-5H3/t19-,20+,21+,22-,23+,24+,25+,26-/m1/s1. The van der Waals surface area contributed by atoms with E-state index in [0.717, 1.165) is 41.4 Å². The summed E-state index contributed by atoms with van der Waals surface area (Å²) in [5.41, 5.74) is 1.25. The molecule has 0 bridgehead atoms. The second-order valence-electron chi connectivity index (χ2n) is 12.7. The molecule has 0 unspecified atom stereocenters. The first-order valence-corrected chi connectivity index (χ1v) is 14.5. The van der Waals surface area contributed by atoms with Crippen molar-refractivity contribution < 1.29 is 0 Å². The van der Waals surface area contributed by atoms with Crippen molar-refractivity contribution in [3.05, 3.63) is 0 Å². The maximum absolute atomic E-state index is 3.99. The zero-order valence-electron chi connectivity index (χ0n) is 19.8. The molecule has 168 valence electrons. The van der Waals surface area contributed by atoms with Crippen molar-refractivity contribution in [2.24, 2.45) is 52.3 Å². The Morgan fingerprint density at radius 3 is 2.24 bits per heavy atom. The summed E-state index contributed by atoms with van der Waals surface area (Å²) in [6, 6.07) is 0. The molecule has 0 radical (unpaired) electrons. The van der Waals surface area contributed by atoms with Crippen LogP contribution in [0.1, 0.15) is 112 Å². The molecule has 0 N–H and O–H groups in total. The molecule has 29 heavy (non-hydrogen) atoms. The highest BCUT2D eigenvalue weighted by atomic mass is 79.9. The second-order valence-corrected chi connectivity index (χ2v) is 16.8. The third-order valence-corrected chi connectivity index (χ3v) is 12.3. The van der Waals surface area contributed by atoms with Crippen LogP contribution in [-0.2, 0) is 0 Å². The van der Waals surface area contributed by atoms with Crippen LogP contribution in [0.2, 0.25) is 0 Å². The highest BCUT2D eigenvalue weighted by molar-refractivity contribution is 9.25. The highest BCUT2D eigenvalue weighted by Crippen LogP contribution is 2.69. The minimum atomic E-state index is 0.226. The van der Waals surface area contributed by atoms with Crippen LogP contribution in [0.25, 0.3) is 0 Å². The summed E-state index contributed by atoms with van der Waals surface area (Å²) in [6.45, 7) is 12.8. The topological polar surface area (TPSA) is 0 Å². The average Bonchev–Trinajstić information content (AvgIpc) is 2.99. The fourth-order valence-corrected chi connectivity index (χ4v) is 10.4. The first-order valence-electron chi connectivity index (χ1n) is 12.9. The largest absolute Gasteiger partial charge is 0.0808 e. The lowest BCUT2D eigenvalue weighted by Gasteiger charge is -2.62. The van der Waals surface area contributed by atoms with Crippen molar-refractivity contribution in [1.29, 1.82) is 0 Å². The number of alkyl halides is 2. The fourth-order valence-electron chi connectivity index (χ4n) is 9.20. The Morgan fingerprint density at radius 2 is 1.52 bits per heavy atom. The SMILES string of the molecule is CC(C)CCC[C@@H](C)[C@H]1CC[C@H]2[C@@H]3CC[C@H]4CC(Br)(Br)CC[C@]4(C)[C@H]3CC[C@]12C. The van der Waals surface area contributed by atoms with Crippen LogP contribution < -0.4 is 0 Å². The van der Waals surface area contributed by atoms with Gasteiger partial charge in [-0.2, -0.15) is 0 Å². The highest BCUT2D eigenvalue weighted by Gasteiger charge is 2.61. The zero-order valence-corrected chi connectivity index (χ0v) is 23.0. The molecule has 0 saturated heterocycles. The fraction of sp³-hybridized carbons (Fsp3) is 1.00. The molecule has 4 aliphatic carbocycles. The lowest BCUT2D eigenvalue weighted by Crippen LogP contribution is -2.54. The Labute approximate surface area is 198 Å². The Kier molecular flexibility index (Phi) is 6.69. The molecule has 0 nitrogen and oxygen atoms in total. The Bertz CT molecular complexity index is 583. The van der Waals surface area contributed by atoms with Gasteiger partial charge in [-0.3, -0.25) is 0 Å². The van der Waals surface area contributed by atoms with Gasteiger partial charge in [-0.25, -0.2) is 0 Å². The first kappa shape index (κ1) is 23.1. The molecule has 2 heteroatoms. The summed E-state index contributed by atoms with van der Waals surface area (Å²) >= 11 is 7.98. The normalized spacial score (nSPS) is 47.4. The van der Waals surface area contributed by atoms with Gasteiger partial charge in [0.15, 0.2) is 0 Å². The molecule has 4 aliphatic rings. The van der Waals surface area contributed by atoms with Crippen molar-refractivity contribution in [2.75, 3.05) is 0 Å². The van der Waals surface area contributed by atoms with Gasteiger partial charge in [0.25, 0.3) is 0 Å². The third-order valence-electron chi connectivity index (χ3n) is 10.8. The van der Waals surface area contributed by atoms with Crippen molar-refractivity contribution in [1.82, 2.24) is 0 Å². The summed E-state index contributed by atoms with van der Waals surface area (Å²) in [4.78, 5) is 0. The van der Waals surface area contributed by atoms with Gasteiger partial charge < -0.3 is 0 Å². The van der Waals surface area contributed by atoms with Crippen LogP contribution in [-0.4, -0.2) is 3.23 Å². The molecule has 0 aromatic heterocycles. The van der Waals surface area contributed by atoms with E-state index in [1.54, 1.807) is 6.42 Å². The van der Waals surface area contributed by atoms with E-state index in [2.05, 4.69) is 66.5 Å². The molecule has 4 rings (SSSR count). The monoisotopic (exact) mass is 528 g/mol. The summed E-state index contributed by atoms with van der Waals surface area (Å²) in [5, 5.41) is 0. The summed E-state index contributed by atoms with van der Waals surface area (Å²) in [6.07, 6.45) is 17.5. The van der Waals surface area contributed by atoms with Gasteiger partial charge in [0, 0.05) is 0 Å². The average molecular weight is 530 g/mol. The van der Waals surface area contributed by atoms with E-state index in [1.807, 2.05) is 0 Å². The van der Waals surface area contributed by atoms with E-state index >= 15 is 0 Å². The maximum atomic E-state index is 3.99. The first-order chi connectivity index (χ1) is 13.6. The van der Waals surface area contributed by atoms with Crippen LogP contribution in [0.4, 0.5) is 0 Å². The Hall–Kier alpha value is 0.960. The van der Waals surface area contributed by atoms with Gasteiger partial charge in [0.2, 0.25) is 0 Å². The van der Waals surface area contributed by atoms with Crippen LogP contribution >= 0.6 is 31.9 Å². The van der Waals surface area contributed by atoms with E-state index in [9.17, 15) is 0 Å². The van der Waals surface area contributed by atoms with Crippen LogP contribution in [0.5, 0.6) is 0 Å². The van der Waals surface area contributed by atoms with E-state index in [4.69, 9.17) is 0 Å². The number of rotatable bonds is 5. The maximum Gasteiger partial charge on any atom is 0.0808 e. The minimum Gasteiger partial charge on any atom is -0.0727 e. The number of hydrogen-bond donors (Lipinski definition) is 0. The summed E-state index contributed by atoms with van der Waals surface area (Å²) in [5.74, 6) is 6.78. The third kappa shape index (κ3) is 4.18. The van der Waals surface area contributed by atoms with E-state index < -0.39 is 0 Å². The van der Waals surface area contributed by atoms with Crippen LogP contribution in [0, 0.1) is 52.3 Å². The molecule has 0 aromatic rings. The molecule has 4 saturated carbocycles. The number of hydrogen-bond acceptors (Lipinski definition) is 0. The van der Waals surface area contributed by atoms with Gasteiger partial charge in [-0.15, -0.1) is 0 Å². The quantitative estimate of drug-likeness (QED) is 0.311. The second kappa shape index (κ2) is 8.39. The molecular formula is C27H46Br2. The zero-order chi connectivity index (χ0) is 21.0. The van der Waals surface area contributed by atoms with Crippen LogP contribution in [0.3, 0.4) is 0 Å². The smallest absolute Gasteiger partial charge is 0.0727 e. The van der Waals surface area contributed by atoms with Crippen molar-refractivity contribution in [3.8, 4) is 0 Å². The predicted octanol–water partition coefficient (Wildman–Crippen LogP) is 9.59. The van der Waals surface area contributed by atoms with Gasteiger partial charge in [0.1, 0.15) is 0 Å². The molecule has 8 atom stereocenters. The lowest BCUT2D eigenvalue weighted by molar-refractivity contribution is -0.114. The Morgan fingerprint density at radius 1 is 0.793 bits per heavy atom. The molecule has 0 aliphatic heterocycles. The summed E-state index contributed by atoms with van der Waals surface area (Å²) in [7, 11) is 0. The summed E-state index contributed by atoms with van der Waals surface area (Å²) < 4.78 is 0.226. The van der Waals surface area contributed by atoms with Gasteiger partial charge in [-0.05, 0) is 110 Å². The molecular weight excluding hydrogens is 484 g/mol. The van der Waals surface area contributed by atoms with Crippen molar-refractivity contribution in [2.45, 2.75) is 115 Å². The van der Waals surface area contributed by atoms with E-state index in [0.29, 0.717) is 10.8 Å². The Balaban J connectivity index is 1.46. The molecule has 0 heterocycles. The van der Waals surface area contributed by atoms with E-state index in [1.165, 1.54) is 70.6 Å². The molecule has 0 aromatic carbocycles. The number of fused-ring (bicyclic) bond motifs is 5.